The van der Waals surface area contributed by atoms with Gasteiger partial charge in [-0.15, -0.1) is 11.8 Å². The van der Waals surface area contributed by atoms with Crippen molar-refractivity contribution >= 4 is 35.0 Å². The largest absolute Gasteiger partial charge is 0.490 e. The van der Waals surface area contributed by atoms with Gasteiger partial charge in [-0.3, -0.25) is 4.79 Å². The maximum Gasteiger partial charge on any atom is 0.237 e. The Labute approximate surface area is 150 Å². The lowest BCUT2D eigenvalue weighted by Crippen LogP contribution is -2.22. The SMILES string of the molecule is C[C@H](Sc1ccc2c(c1)OCCCO2)C(=O)Nc1ccccc1Cl. The topological polar surface area (TPSA) is 47.6 Å². The summed E-state index contributed by atoms with van der Waals surface area (Å²) in [7, 11) is 0. The third kappa shape index (κ3) is 4.16. The molecule has 0 fully saturated rings. The van der Waals surface area contributed by atoms with Crippen LogP contribution in [0.2, 0.25) is 5.02 Å². The van der Waals surface area contributed by atoms with Crippen molar-refractivity contribution in [2.24, 2.45) is 0 Å². The van der Waals surface area contributed by atoms with Crippen molar-refractivity contribution < 1.29 is 14.3 Å². The molecule has 0 saturated heterocycles. The standard InChI is InChI=1S/C18H18ClNO3S/c1-12(18(21)20-15-6-3-2-5-14(15)19)24-13-7-8-16-17(11-13)23-10-4-9-22-16/h2-3,5-8,11-12H,4,9-10H2,1H3,(H,20,21)/t12-/m0/s1. The van der Waals surface area contributed by atoms with Crippen molar-refractivity contribution in [3.63, 3.8) is 0 Å². The van der Waals surface area contributed by atoms with Gasteiger partial charge in [0.2, 0.25) is 5.91 Å². The van der Waals surface area contributed by atoms with Crippen LogP contribution in [-0.4, -0.2) is 24.4 Å². The van der Waals surface area contributed by atoms with Crippen molar-refractivity contribution in [1.29, 1.82) is 0 Å². The van der Waals surface area contributed by atoms with Crippen LogP contribution in [0.3, 0.4) is 0 Å². The molecule has 24 heavy (non-hydrogen) atoms. The fraction of sp³-hybridized carbons (Fsp3) is 0.278. The number of fused-ring (bicyclic) bond motifs is 1. The lowest BCUT2D eigenvalue weighted by atomic mass is 10.3. The number of benzene rings is 2. The first-order valence-electron chi connectivity index (χ1n) is 7.75. The van der Waals surface area contributed by atoms with Gasteiger partial charge in [0.15, 0.2) is 11.5 Å². The number of carbonyl (C=O) groups is 1. The Morgan fingerprint density at radius 1 is 1.17 bits per heavy atom. The normalized spacial score (nSPS) is 14.6. The predicted molar refractivity (Wildman–Crippen MR) is 97.4 cm³/mol. The second kappa shape index (κ2) is 7.81. The molecule has 1 amide bonds. The van der Waals surface area contributed by atoms with Crippen LogP contribution in [0.5, 0.6) is 11.5 Å². The zero-order valence-corrected chi connectivity index (χ0v) is 14.8. The summed E-state index contributed by atoms with van der Waals surface area (Å²) < 4.78 is 11.3. The molecule has 1 aliphatic rings. The number of nitrogens with one attached hydrogen (secondary N) is 1. The minimum absolute atomic E-state index is 0.0970. The Hall–Kier alpha value is -1.85. The van der Waals surface area contributed by atoms with E-state index in [4.69, 9.17) is 21.1 Å². The fourth-order valence-corrected chi connectivity index (χ4v) is 3.35. The predicted octanol–water partition coefficient (Wildman–Crippen LogP) is 4.62. The summed E-state index contributed by atoms with van der Waals surface area (Å²) in [6.07, 6.45) is 0.869. The highest BCUT2D eigenvalue weighted by Crippen LogP contribution is 2.35. The van der Waals surface area contributed by atoms with Crippen molar-refractivity contribution in [3.8, 4) is 11.5 Å². The van der Waals surface area contributed by atoms with Gasteiger partial charge in [-0.2, -0.15) is 0 Å². The maximum atomic E-state index is 12.4. The molecule has 1 heterocycles. The van der Waals surface area contributed by atoms with E-state index in [0.717, 1.165) is 22.8 Å². The highest BCUT2D eigenvalue weighted by atomic mass is 35.5. The summed E-state index contributed by atoms with van der Waals surface area (Å²) in [5.41, 5.74) is 0.621. The zero-order chi connectivity index (χ0) is 16.9. The molecule has 1 atom stereocenters. The number of para-hydroxylation sites is 1. The number of amides is 1. The number of halogens is 1. The van der Waals surface area contributed by atoms with Crippen LogP contribution < -0.4 is 14.8 Å². The summed E-state index contributed by atoms with van der Waals surface area (Å²) in [4.78, 5) is 13.3. The van der Waals surface area contributed by atoms with Crippen molar-refractivity contribution in [2.75, 3.05) is 18.5 Å². The van der Waals surface area contributed by atoms with Crippen LogP contribution in [0.4, 0.5) is 5.69 Å². The molecule has 4 nitrogen and oxygen atoms in total. The highest BCUT2D eigenvalue weighted by Gasteiger charge is 2.17. The Morgan fingerprint density at radius 3 is 2.71 bits per heavy atom. The molecule has 1 aliphatic heterocycles. The van der Waals surface area contributed by atoms with Gasteiger partial charge in [0, 0.05) is 11.3 Å². The van der Waals surface area contributed by atoms with Crippen molar-refractivity contribution in [2.45, 2.75) is 23.5 Å². The molecule has 0 spiro atoms. The Morgan fingerprint density at radius 2 is 1.92 bits per heavy atom. The number of anilines is 1. The van der Waals surface area contributed by atoms with Gasteiger partial charge in [-0.25, -0.2) is 0 Å². The lowest BCUT2D eigenvalue weighted by molar-refractivity contribution is -0.115. The molecule has 126 valence electrons. The Balaban J connectivity index is 1.66. The maximum absolute atomic E-state index is 12.4. The molecule has 0 saturated carbocycles. The van der Waals surface area contributed by atoms with Crippen molar-refractivity contribution in [1.82, 2.24) is 0 Å². The molecule has 0 radical (unpaired) electrons. The minimum Gasteiger partial charge on any atom is -0.490 e. The number of hydrogen-bond donors (Lipinski definition) is 1. The number of ether oxygens (including phenoxy) is 2. The first kappa shape index (κ1) is 17.0. The number of thioether (sulfide) groups is 1. The molecule has 0 aliphatic carbocycles. The molecular weight excluding hydrogens is 346 g/mol. The van der Waals surface area contributed by atoms with Gasteiger partial charge in [0.1, 0.15) is 0 Å². The van der Waals surface area contributed by atoms with Gasteiger partial charge in [-0.05, 0) is 37.3 Å². The van der Waals surface area contributed by atoms with Crippen LogP contribution in [0.25, 0.3) is 0 Å². The van der Waals surface area contributed by atoms with Crippen LogP contribution in [0, 0.1) is 0 Å². The lowest BCUT2D eigenvalue weighted by Gasteiger charge is -2.14. The van der Waals surface area contributed by atoms with E-state index in [1.165, 1.54) is 11.8 Å². The average Bonchev–Trinajstić information content (AvgIpc) is 2.81. The Kier molecular flexibility index (Phi) is 5.53. The number of rotatable bonds is 4. The second-order valence-corrected chi connectivity index (χ2v) is 7.21. The van der Waals surface area contributed by atoms with Gasteiger partial charge >= 0.3 is 0 Å². The third-order valence-corrected chi connectivity index (χ3v) is 4.96. The minimum atomic E-state index is -0.272. The van der Waals surface area contributed by atoms with Crippen LogP contribution in [0.15, 0.2) is 47.4 Å². The van der Waals surface area contributed by atoms with Crippen LogP contribution in [-0.2, 0) is 4.79 Å². The van der Waals surface area contributed by atoms with Gasteiger partial charge < -0.3 is 14.8 Å². The van der Waals surface area contributed by atoms with E-state index in [0.29, 0.717) is 23.9 Å². The Bertz CT molecular complexity index is 738. The van der Waals surface area contributed by atoms with E-state index in [1.54, 1.807) is 12.1 Å². The summed E-state index contributed by atoms with van der Waals surface area (Å²) >= 11 is 7.54. The molecule has 2 aromatic carbocycles. The summed E-state index contributed by atoms with van der Waals surface area (Å²) in [5.74, 6) is 1.39. The third-order valence-electron chi connectivity index (χ3n) is 3.53. The number of carbonyl (C=O) groups excluding carboxylic acids is 1. The molecule has 2 aromatic rings. The molecule has 1 N–H and O–H groups in total. The van der Waals surface area contributed by atoms with Crippen LogP contribution in [0.1, 0.15) is 13.3 Å². The van der Waals surface area contributed by atoms with Gasteiger partial charge in [0.25, 0.3) is 0 Å². The number of hydrogen-bond acceptors (Lipinski definition) is 4. The highest BCUT2D eigenvalue weighted by molar-refractivity contribution is 8.00. The van der Waals surface area contributed by atoms with E-state index in [9.17, 15) is 4.79 Å². The molecule has 0 unspecified atom stereocenters. The van der Waals surface area contributed by atoms with E-state index >= 15 is 0 Å². The van der Waals surface area contributed by atoms with Crippen LogP contribution >= 0.6 is 23.4 Å². The van der Waals surface area contributed by atoms with Gasteiger partial charge in [0.05, 0.1) is 29.2 Å². The van der Waals surface area contributed by atoms with Crippen molar-refractivity contribution in [3.05, 3.63) is 47.5 Å². The smallest absolute Gasteiger partial charge is 0.237 e. The van der Waals surface area contributed by atoms with E-state index in [1.807, 2.05) is 37.3 Å². The van der Waals surface area contributed by atoms with E-state index in [-0.39, 0.29) is 11.2 Å². The van der Waals surface area contributed by atoms with E-state index < -0.39 is 0 Å². The van der Waals surface area contributed by atoms with Gasteiger partial charge in [-0.1, -0.05) is 23.7 Å². The first-order valence-corrected chi connectivity index (χ1v) is 9.01. The molecule has 0 aromatic heterocycles. The fourth-order valence-electron chi connectivity index (χ4n) is 2.27. The zero-order valence-electron chi connectivity index (χ0n) is 13.3. The molecule has 0 bridgehead atoms. The summed E-state index contributed by atoms with van der Waals surface area (Å²) in [6.45, 7) is 3.17. The molecule has 3 rings (SSSR count). The van der Waals surface area contributed by atoms with E-state index in [2.05, 4.69) is 5.32 Å². The summed E-state index contributed by atoms with van der Waals surface area (Å²) in [5, 5.41) is 3.11. The average molecular weight is 364 g/mol. The molecular formula is C18H18ClNO3S. The monoisotopic (exact) mass is 363 g/mol. The molecule has 6 heteroatoms. The summed E-state index contributed by atoms with van der Waals surface area (Å²) in [6, 6.07) is 12.9. The first-order chi connectivity index (χ1) is 11.6. The second-order valence-electron chi connectivity index (χ2n) is 5.39. The quantitative estimate of drug-likeness (QED) is 0.805.